The molecule has 0 N–H and O–H groups in total. The summed E-state index contributed by atoms with van der Waals surface area (Å²) in [5.74, 6) is 1.04. The summed E-state index contributed by atoms with van der Waals surface area (Å²) in [4.78, 5) is 4.48. The summed E-state index contributed by atoms with van der Waals surface area (Å²) < 4.78 is 2.09. The summed E-state index contributed by atoms with van der Waals surface area (Å²) in [5.41, 5.74) is 4.46. The van der Waals surface area contributed by atoms with Crippen LogP contribution in [0.2, 0.25) is 0 Å². The van der Waals surface area contributed by atoms with E-state index in [2.05, 4.69) is 34.3 Å². The van der Waals surface area contributed by atoms with Gasteiger partial charge in [0.1, 0.15) is 5.82 Å². The van der Waals surface area contributed by atoms with Crippen molar-refractivity contribution in [2.24, 2.45) is 7.05 Å². The standard InChI is InChI=1S/C12H14N2/c1-8(2)10-5-6-12-11(7-10)13-9(3)14(12)4/h5-7H,1H2,2-4H3. The van der Waals surface area contributed by atoms with Crippen LogP contribution in [0, 0.1) is 6.92 Å². The van der Waals surface area contributed by atoms with E-state index >= 15 is 0 Å². The number of imidazole rings is 1. The Morgan fingerprint density at radius 1 is 1.43 bits per heavy atom. The molecule has 1 aromatic heterocycles. The molecule has 72 valence electrons. The summed E-state index contributed by atoms with van der Waals surface area (Å²) in [7, 11) is 2.03. The highest BCUT2D eigenvalue weighted by atomic mass is 15.0. The van der Waals surface area contributed by atoms with Gasteiger partial charge in [0.05, 0.1) is 11.0 Å². The fraction of sp³-hybridized carbons (Fsp3) is 0.250. The molecule has 0 spiro atoms. The fourth-order valence-electron chi connectivity index (χ4n) is 1.59. The lowest BCUT2D eigenvalue weighted by Crippen LogP contribution is -1.89. The lowest BCUT2D eigenvalue weighted by Gasteiger charge is -1.99. The number of aromatic nitrogens is 2. The van der Waals surface area contributed by atoms with Crippen LogP contribution in [0.1, 0.15) is 18.3 Å². The third-order valence-electron chi connectivity index (χ3n) is 2.60. The van der Waals surface area contributed by atoms with Crippen molar-refractivity contribution >= 4 is 16.6 Å². The van der Waals surface area contributed by atoms with E-state index in [1.807, 2.05) is 20.9 Å². The lowest BCUT2D eigenvalue weighted by atomic mass is 10.1. The van der Waals surface area contributed by atoms with E-state index in [0.717, 1.165) is 22.5 Å². The molecule has 0 bridgehead atoms. The van der Waals surface area contributed by atoms with Gasteiger partial charge >= 0.3 is 0 Å². The minimum absolute atomic E-state index is 1.04. The highest BCUT2D eigenvalue weighted by Gasteiger charge is 2.04. The summed E-state index contributed by atoms with van der Waals surface area (Å²) in [6, 6.07) is 6.27. The van der Waals surface area contributed by atoms with Crippen LogP contribution >= 0.6 is 0 Å². The first kappa shape index (κ1) is 9.00. The molecule has 2 heteroatoms. The van der Waals surface area contributed by atoms with Crippen molar-refractivity contribution in [2.45, 2.75) is 13.8 Å². The van der Waals surface area contributed by atoms with Crippen LogP contribution < -0.4 is 0 Å². The largest absolute Gasteiger partial charge is 0.331 e. The monoisotopic (exact) mass is 186 g/mol. The SMILES string of the molecule is C=C(C)c1ccc2c(c1)nc(C)n2C. The van der Waals surface area contributed by atoms with Crippen molar-refractivity contribution in [2.75, 3.05) is 0 Å². The van der Waals surface area contributed by atoms with Crippen molar-refractivity contribution in [1.82, 2.24) is 9.55 Å². The lowest BCUT2D eigenvalue weighted by molar-refractivity contribution is 0.886. The Labute approximate surface area is 83.9 Å². The summed E-state index contributed by atoms with van der Waals surface area (Å²) in [6.07, 6.45) is 0. The smallest absolute Gasteiger partial charge is 0.106 e. The quantitative estimate of drug-likeness (QED) is 0.669. The number of rotatable bonds is 1. The Hall–Kier alpha value is -1.57. The van der Waals surface area contributed by atoms with Crippen molar-refractivity contribution in [3.8, 4) is 0 Å². The second kappa shape index (κ2) is 2.98. The second-order valence-corrected chi connectivity index (χ2v) is 3.70. The third kappa shape index (κ3) is 1.23. The molecular weight excluding hydrogens is 172 g/mol. The minimum atomic E-state index is 1.04. The van der Waals surface area contributed by atoms with Crippen molar-refractivity contribution in [3.05, 3.63) is 36.2 Å². The van der Waals surface area contributed by atoms with Gasteiger partial charge in [-0.1, -0.05) is 18.2 Å². The van der Waals surface area contributed by atoms with Crippen LogP contribution in [0.25, 0.3) is 16.6 Å². The molecule has 0 radical (unpaired) electrons. The van der Waals surface area contributed by atoms with Crippen LogP contribution in [0.15, 0.2) is 24.8 Å². The second-order valence-electron chi connectivity index (χ2n) is 3.70. The maximum atomic E-state index is 4.48. The molecule has 2 nitrogen and oxygen atoms in total. The van der Waals surface area contributed by atoms with E-state index in [1.54, 1.807) is 0 Å². The zero-order valence-corrected chi connectivity index (χ0v) is 8.83. The number of nitrogens with zero attached hydrogens (tertiary/aromatic N) is 2. The Morgan fingerprint density at radius 2 is 2.14 bits per heavy atom. The molecule has 0 aliphatic carbocycles. The number of aryl methyl sites for hydroxylation is 2. The maximum Gasteiger partial charge on any atom is 0.106 e. The minimum Gasteiger partial charge on any atom is -0.331 e. The van der Waals surface area contributed by atoms with Crippen LogP contribution in [0.4, 0.5) is 0 Å². The van der Waals surface area contributed by atoms with Gasteiger partial charge in [0.2, 0.25) is 0 Å². The molecule has 0 aliphatic rings. The van der Waals surface area contributed by atoms with Gasteiger partial charge in [-0.25, -0.2) is 4.98 Å². The third-order valence-corrected chi connectivity index (χ3v) is 2.60. The molecule has 14 heavy (non-hydrogen) atoms. The zero-order chi connectivity index (χ0) is 10.3. The number of hydrogen-bond acceptors (Lipinski definition) is 1. The van der Waals surface area contributed by atoms with Gasteiger partial charge in [0.25, 0.3) is 0 Å². The first-order valence-corrected chi connectivity index (χ1v) is 4.68. The number of fused-ring (bicyclic) bond motifs is 1. The van der Waals surface area contributed by atoms with Crippen molar-refractivity contribution in [3.63, 3.8) is 0 Å². The van der Waals surface area contributed by atoms with E-state index in [4.69, 9.17) is 0 Å². The Morgan fingerprint density at radius 3 is 2.79 bits per heavy atom. The molecule has 0 atom stereocenters. The van der Waals surface area contributed by atoms with E-state index in [0.29, 0.717) is 0 Å². The van der Waals surface area contributed by atoms with E-state index < -0.39 is 0 Å². The normalized spacial score (nSPS) is 10.8. The predicted octanol–water partition coefficient (Wildman–Crippen LogP) is 2.91. The van der Waals surface area contributed by atoms with Gasteiger partial charge in [-0.05, 0) is 31.5 Å². The molecular formula is C12H14N2. The van der Waals surface area contributed by atoms with Crippen LogP contribution in [0.3, 0.4) is 0 Å². The van der Waals surface area contributed by atoms with E-state index in [1.165, 1.54) is 5.52 Å². The molecule has 0 amide bonds. The Bertz CT molecular complexity index is 506. The first-order chi connectivity index (χ1) is 6.59. The molecule has 2 rings (SSSR count). The highest BCUT2D eigenvalue weighted by Crippen LogP contribution is 2.19. The topological polar surface area (TPSA) is 17.8 Å². The maximum absolute atomic E-state index is 4.48. The summed E-state index contributed by atoms with van der Waals surface area (Å²) >= 11 is 0. The summed E-state index contributed by atoms with van der Waals surface area (Å²) in [5, 5.41) is 0. The Balaban J connectivity index is 2.73. The highest BCUT2D eigenvalue weighted by molar-refractivity contribution is 5.80. The van der Waals surface area contributed by atoms with Gasteiger partial charge < -0.3 is 4.57 Å². The van der Waals surface area contributed by atoms with Crippen molar-refractivity contribution < 1.29 is 0 Å². The van der Waals surface area contributed by atoms with E-state index in [9.17, 15) is 0 Å². The van der Waals surface area contributed by atoms with Crippen LogP contribution in [-0.4, -0.2) is 9.55 Å². The van der Waals surface area contributed by atoms with Gasteiger partial charge in [0, 0.05) is 7.05 Å². The molecule has 1 heterocycles. The molecule has 1 aromatic carbocycles. The van der Waals surface area contributed by atoms with Crippen LogP contribution in [-0.2, 0) is 7.05 Å². The molecule has 0 unspecified atom stereocenters. The Kier molecular flexibility index (Phi) is 1.92. The molecule has 0 fully saturated rings. The fourth-order valence-corrected chi connectivity index (χ4v) is 1.59. The van der Waals surface area contributed by atoms with Gasteiger partial charge in [-0.2, -0.15) is 0 Å². The zero-order valence-electron chi connectivity index (χ0n) is 8.83. The molecule has 0 saturated heterocycles. The average Bonchev–Trinajstić information content (AvgIpc) is 2.42. The molecule has 2 aromatic rings. The van der Waals surface area contributed by atoms with Gasteiger partial charge in [-0.15, -0.1) is 0 Å². The number of hydrogen-bond donors (Lipinski definition) is 0. The predicted molar refractivity (Wildman–Crippen MR) is 60.2 cm³/mol. The van der Waals surface area contributed by atoms with Crippen molar-refractivity contribution in [1.29, 1.82) is 0 Å². The summed E-state index contributed by atoms with van der Waals surface area (Å²) in [6.45, 7) is 7.95. The first-order valence-electron chi connectivity index (χ1n) is 4.68. The van der Waals surface area contributed by atoms with E-state index in [-0.39, 0.29) is 0 Å². The number of benzene rings is 1. The number of allylic oxidation sites excluding steroid dienone is 1. The molecule has 0 aliphatic heterocycles. The van der Waals surface area contributed by atoms with Gasteiger partial charge in [0.15, 0.2) is 0 Å². The molecule has 0 saturated carbocycles. The average molecular weight is 186 g/mol. The van der Waals surface area contributed by atoms with Gasteiger partial charge in [-0.3, -0.25) is 0 Å². The van der Waals surface area contributed by atoms with Crippen LogP contribution in [0.5, 0.6) is 0 Å².